The van der Waals surface area contributed by atoms with Crippen molar-refractivity contribution in [3.05, 3.63) is 34.3 Å². The van der Waals surface area contributed by atoms with Gasteiger partial charge in [-0.05, 0) is 43.7 Å². The van der Waals surface area contributed by atoms with Crippen LogP contribution in [0.25, 0.3) is 0 Å². The number of rotatable bonds is 6. The first kappa shape index (κ1) is 22.9. The molecule has 3 fully saturated rings. The second-order valence-electron chi connectivity index (χ2n) is 9.11. The van der Waals surface area contributed by atoms with Crippen LogP contribution in [-0.4, -0.2) is 54.6 Å². The van der Waals surface area contributed by atoms with Gasteiger partial charge in [-0.15, -0.1) is 0 Å². The van der Waals surface area contributed by atoms with Crippen LogP contribution in [0.4, 0.5) is 15.9 Å². The lowest BCUT2D eigenvalue weighted by Crippen LogP contribution is -2.40. The molecule has 1 N–H and O–H groups in total. The minimum absolute atomic E-state index is 0.0176. The van der Waals surface area contributed by atoms with Gasteiger partial charge in [0.05, 0.1) is 14.1 Å². The molecule has 2 aromatic rings. The predicted molar refractivity (Wildman–Crippen MR) is 130 cm³/mol. The molecular formula is C20H22Cl2FIN4O3S. The van der Waals surface area contributed by atoms with Gasteiger partial charge in [-0.1, -0.05) is 50.9 Å². The number of hydrogen-bond donors (Lipinski definition) is 1. The first-order valence-corrected chi connectivity index (χ1v) is 13.7. The van der Waals surface area contributed by atoms with Crippen LogP contribution in [0.3, 0.4) is 0 Å². The van der Waals surface area contributed by atoms with Crippen molar-refractivity contribution in [2.45, 2.75) is 34.0 Å². The Morgan fingerprint density at radius 1 is 1.22 bits per heavy atom. The van der Waals surface area contributed by atoms with Crippen LogP contribution >= 0.6 is 45.8 Å². The fourth-order valence-electron chi connectivity index (χ4n) is 4.81. The third-order valence-electron chi connectivity index (χ3n) is 6.67. The topological polar surface area (TPSA) is 78.7 Å². The SMILES string of the molecule is O=S(=O)(Nc1ccon1)c1c(Cl)cc(N2CC[C@](I)(CN3CCC4(CC4)C3)C2)c(Cl)c1F. The molecule has 7 nitrogen and oxygen atoms in total. The van der Waals surface area contributed by atoms with E-state index >= 15 is 4.39 Å². The molecule has 1 aromatic heterocycles. The molecule has 2 saturated heterocycles. The lowest BCUT2D eigenvalue weighted by Gasteiger charge is -2.29. The number of benzene rings is 1. The monoisotopic (exact) mass is 614 g/mol. The largest absolute Gasteiger partial charge is 0.369 e. The number of sulfonamides is 1. The van der Waals surface area contributed by atoms with E-state index < -0.39 is 20.7 Å². The Morgan fingerprint density at radius 2 is 2.00 bits per heavy atom. The molecule has 1 aromatic carbocycles. The van der Waals surface area contributed by atoms with Crippen LogP contribution in [0.5, 0.6) is 0 Å². The molecule has 0 bridgehead atoms. The summed E-state index contributed by atoms with van der Waals surface area (Å²) in [6.45, 7) is 4.67. The van der Waals surface area contributed by atoms with E-state index in [4.69, 9.17) is 23.2 Å². The van der Waals surface area contributed by atoms with E-state index in [0.717, 1.165) is 19.5 Å². The molecular weight excluding hydrogens is 593 g/mol. The summed E-state index contributed by atoms with van der Waals surface area (Å²) in [7, 11) is -4.34. The second-order valence-corrected chi connectivity index (χ2v) is 13.8. The van der Waals surface area contributed by atoms with Crippen LogP contribution in [0, 0.1) is 11.2 Å². The Balaban J connectivity index is 1.35. The Kier molecular flexibility index (Phi) is 5.84. The first-order valence-electron chi connectivity index (χ1n) is 10.4. The fraction of sp³-hybridized carbons (Fsp3) is 0.550. The molecule has 5 rings (SSSR count). The molecule has 32 heavy (non-hydrogen) atoms. The van der Waals surface area contributed by atoms with E-state index in [-0.39, 0.29) is 19.3 Å². The van der Waals surface area contributed by atoms with Crippen molar-refractivity contribution in [1.29, 1.82) is 0 Å². The second kappa shape index (κ2) is 8.14. The Bertz CT molecular complexity index is 1150. The zero-order valence-electron chi connectivity index (χ0n) is 17.1. The highest BCUT2D eigenvalue weighted by Crippen LogP contribution is 2.53. The highest BCUT2D eigenvalue weighted by Gasteiger charge is 2.49. The van der Waals surface area contributed by atoms with Gasteiger partial charge in [-0.3, -0.25) is 4.72 Å². The van der Waals surface area contributed by atoms with Gasteiger partial charge in [0, 0.05) is 32.2 Å². The summed E-state index contributed by atoms with van der Waals surface area (Å²) >= 11 is 15.1. The van der Waals surface area contributed by atoms with Gasteiger partial charge in [0.15, 0.2) is 11.6 Å². The Hall–Kier alpha value is -0.820. The van der Waals surface area contributed by atoms with Gasteiger partial charge >= 0.3 is 0 Å². The van der Waals surface area contributed by atoms with Crippen LogP contribution in [0.1, 0.15) is 25.7 Å². The molecule has 3 aliphatic rings. The molecule has 0 unspecified atom stereocenters. The minimum atomic E-state index is -4.34. The molecule has 0 radical (unpaired) electrons. The predicted octanol–water partition coefficient (Wildman–Crippen LogP) is 4.79. The fourth-order valence-corrected chi connectivity index (χ4v) is 7.90. The average Bonchev–Trinajstić information content (AvgIpc) is 3.04. The van der Waals surface area contributed by atoms with Crippen molar-refractivity contribution in [2.75, 3.05) is 42.3 Å². The Morgan fingerprint density at radius 3 is 2.66 bits per heavy atom. The summed E-state index contributed by atoms with van der Waals surface area (Å²) in [6, 6.07) is 2.73. The lowest BCUT2D eigenvalue weighted by molar-refractivity contribution is 0.297. The third-order valence-corrected chi connectivity index (χ3v) is 10.1. The van der Waals surface area contributed by atoms with E-state index in [2.05, 4.69) is 41.9 Å². The molecule has 174 valence electrons. The highest BCUT2D eigenvalue weighted by atomic mass is 127. The molecule has 12 heteroatoms. The molecule has 2 aliphatic heterocycles. The maximum Gasteiger partial charge on any atom is 0.267 e. The number of alkyl halides is 1. The van der Waals surface area contributed by atoms with Crippen molar-refractivity contribution >= 4 is 67.3 Å². The van der Waals surface area contributed by atoms with Crippen molar-refractivity contribution in [3.63, 3.8) is 0 Å². The first-order chi connectivity index (χ1) is 15.1. The maximum absolute atomic E-state index is 15.2. The average molecular weight is 615 g/mol. The number of nitrogens with zero attached hydrogens (tertiary/aromatic N) is 3. The summed E-state index contributed by atoms with van der Waals surface area (Å²) in [4.78, 5) is 3.83. The summed E-state index contributed by atoms with van der Waals surface area (Å²) in [5, 5.41) is 2.99. The summed E-state index contributed by atoms with van der Waals surface area (Å²) < 4.78 is 47.3. The van der Waals surface area contributed by atoms with Gasteiger partial charge < -0.3 is 14.3 Å². The van der Waals surface area contributed by atoms with Crippen LogP contribution in [0.2, 0.25) is 10.0 Å². The van der Waals surface area contributed by atoms with Crippen molar-refractivity contribution < 1.29 is 17.3 Å². The summed E-state index contributed by atoms with van der Waals surface area (Å²) in [6.07, 6.45) is 6.10. The number of aromatic nitrogens is 1. The van der Waals surface area contributed by atoms with Gasteiger partial charge in [0.1, 0.15) is 16.2 Å². The standard InChI is InChI=1S/C20H22Cl2FIN4O3S/c21-13-9-14(16(22)17(23)18(13)32(29,30)26-15-1-8-31-25-15)28-7-5-20(24,12-28)11-27-6-4-19(10-27)2-3-19/h1,8-9H,2-7,10-12H2,(H,25,26)/t20-/m0/s1. The molecule has 1 aliphatic carbocycles. The molecule has 1 atom stereocenters. The van der Waals surface area contributed by atoms with Crippen molar-refractivity contribution in [2.24, 2.45) is 5.41 Å². The van der Waals surface area contributed by atoms with Gasteiger partial charge in [-0.2, -0.15) is 0 Å². The highest BCUT2D eigenvalue weighted by molar-refractivity contribution is 14.1. The van der Waals surface area contributed by atoms with E-state index in [1.807, 2.05) is 4.90 Å². The Labute approximate surface area is 209 Å². The number of hydrogen-bond acceptors (Lipinski definition) is 6. The van der Waals surface area contributed by atoms with Crippen LogP contribution < -0.4 is 9.62 Å². The number of likely N-dealkylation sites (tertiary alicyclic amines) is 1. The quantitative estimate of drug-likeness (QED) is 0.286. The number of halogens is 4. The third kappa shape index (κ3) is 4.33. The molecule has 0 amide bonds. The maximum atomic E-state index is 15.2. The van der Waals surface area contributed by atoms with Gasteiger partial charge in [0.25, 0.3) is 10.0 Å². The van der Waals surface area contributed by atoms with E-state index in [0.29, 0.717) is 24.2 Å². The number of nitrogens with one attached hydrogen (secondary N) is 1. The van der Waals surface area contributed by atoms with E-state index in [1.165, 1.54) is 44.2 Å². The minimum Gasteiger partial charge on any atom is -0.369 e. The van der Waals surface area contributed by atoms with Gasteiger partial charge in [0.2, 0.25) is 0 Å². The molecule has 1 spiro atoms. The van der Waals surface area contributed by atoms with Gasteiger partial charge in [-0.25, -0.2) is 12.8 Å². The zero-order chi connectivity index (χ0) is 22.7. The van der Waals surface area contributed by atoms with Crippen molar-refractivity contribution in [1.82, 2.24) is 10.1 Å². The molecule has 1 saturated carbocycles. The number of anilines is 2. The smallest absolute Gasteiger partial charge is 0.267 e. The summed E-state index contributed by atoms with van der Waals surface area (Å²) in [5.41, 5.74) is 0.986. The van der Waals surface area contributed by atoms with E-state index in [9.17, 15) is 8.42 Å². The lowest BCUT2D eigenvalue weighted by atomic mass is 10.1. The zero-order valence-corrected chi connectivity index (χ0v) is 21.6. The van der Waals surface area contributed by atoms with Crippen molar-refractivity contribution in [3.8, 4) is 0 Å². The summed E-state index contributed by atoms with van der Waals surface area (Å²) in [5.74, 6) is -1.16. The van der Waals surface area contributed by atoms with E-state index in [1.54, 1.807) is 0 Å². The van der Waals surface area contributed by atoms with Crippen LogP contribution in [0.15, 0.2) is 27.8 Å². The molecule has 3 heterocycles. The van der Waals surface area contributed by atoms with Crippen LogP contribution in [-0.2, 0) is 10.0 Å². The normalized spacial score (nSPS) is 25.1.